The first-order chi connectivity index (χ1) is 7.40. The van der Waals surface area contributed by atoms with Crippen molar-refractivity contribution in [3.63, 3.8) is 0 Å². The lowest BCUT2D eigenvalue weighted by atomic mass is 9.89. The van der Waals surface area contributed by atoms with Crippen molar-refractivity contribution in [1.82, 2.24) is 5.32 Å². The van der Waals surface area contributed by atoms with Crippen molar-refractivity contribution in [2.24, 2.45) is 11.8 Å². The van der Waals surface area contributed by atoms with Gasteiger partial charge in [-0.1, -0.05) is 6.92 Å². The monoisotopic (exact) mass is 229 g/mol. The van der Waals surface area contributed by atoms with Crippen molar-refractivity contribution < 1.29 is 14.3 Å². The molecule has 0 radical (unpaired) electrons. The molecule has 1 heterocycles. The summed E-state index contributed by atoms with van der Waals surface area (Å²) in [4.78, 5) is 19.9. The minimum Gasteiger partial charge on any atom is -0.462 e. The molecule has 16 heavy (non-hydrogen) atoms. The van der Waals surface area contributed by atoms with Crippen molar-refractivity contribution in [1.29, 1.82) is 0 Å². The van der Waals surface area contributed by atoms with Crippen molar-refractivity contribution in [2.75, 3.05) is 13.1 Å². The molecule has 1 N–H and O–H groups in total. The molecule has 0 aromatic carbocycles. The van der Waals surface area contributed by atoms with Gasteiger partial charge in [0.05, 0.1) is 0 Å². The van der Waals surface area contributed by atoms with E-state index in [9.17, 15) is 9.59 Å². The molecule has 1 aliphatic rings. The standard InChI is InChI=1S/C7H13NO.C5H10O2/c1-6-2-3-8-4-7(6)5-9;1-5(2,3)7-4-6/h5-8H,2-4H2,1H3;4H,1-3H3. The number of piperidine rings is 1. The maximum Gasteiger partial charge on any atom is 0.293 e. The van der Waals surface area contributed by atoms with Gasteiger partial charge in [0.2, 0.25) is 0 Å². The first-order valence-electron chi connectivity index (χ1n) is 5.68. The van der Waals surface area contributed by atoms with Gasteiger partial charge in [-0.05, 0) is 39.7 Å². The van der Waals surface area contributed by atoms with Gasteiger partial charge in [0, 0.05) is 12.5 Å². The maximum absolute atomic E-state index is 10.3. The van der Waals surface area contributed by atoms with E-state index in [4.69, 9.17) is 0 Å². The summed E-state index contributed by atoms with van der Waals surface area (Å²) in [6.07, 6.45) is 2.21. The van der Waals surface area contributed by atoms with Gasteiger partial charge in [0.1, 0.15) is 11.9 Å². The highest BCUT2D eigenvalue weighted by Gasteiger charge is 2.19. The minimum absolute atomic E-state index is 0.263. The van der Waals surface area contributed by atoms with Crippen LogP contribution in [-0.2, 0) is 14.3 Å². The second-order valence-corrected chi connectivity index (χ2v) is 5.10. The Morgan fingerprint density at radius 3 is 2.19 bits per heavy atom. The molecule has 1 fully saturated rings. The van der Waals surface area contributed by atoms with Crippen molar-refractivity contribution in [3.05, 3.63) is 0 Å². The Hall–Kier alpha value is -0.900. The second-order valence-electron chi connectivity index (χ2n) is 5.10. The van der Waals surface area contributed by atoms with Crippen LogP contribution in [0.15, 0.2) is 0 Å². The zero-order chi connectivity index (χ0) is 12.6. The zero-order valence-electron chi connectivity index (χ0n) is 10.7. The second kappa shape index (κ2) is 7.39. The van der Waals surface area contributed by atoms with E-state index >= 15 is 0 Å². The molecule has 0 saturated carbocycles. The van der Waals surface area contributed by atoms with Gasteiger partial charge in [0.15, 0.2) is 0 Å². The number of aldehydes is 1. The number of carbonyl (C=O) groups excluding carboxylic acids is 2. The minimum atomic E-state index is -0.318. The summed E-state index contributed by atoms with van der Waals surface area (Å²) in [6, 6.07) is 0. The van der Waals surface area contributed by atoms with E-state index in [1.54, 1.807) is 0 Å². The molecule has 4 heteroatoms. The number of hydrogen-bond acceptors (Lipinski definition) is 4. The highest BCUT2D eigenvalue weighted by Crippen LogP contribution is 2.15. The van der Waals surface area contributed by atoms with Crippen LogP contribution in [0.2, 0.25) is 0 Å². The number of rotatable bonds is 2. The van der Waals surface area contributed by atoms with Gasteiger partial charge in [0.25, 0.3) is 6.47 Å². The lowest BCUT2D eigenvalue weighted by Crippen LogP contribution is -2.35. The highest BCUT2D eigenvalue weighted by atomic mass is 16.5. The van der Waals surface area contributed by atoms with Crippen LogP contribution >= 0.6 is 0 Å². The van der Waals surface area contributed by atoms with Crippen LogP contribution in [-0.4, -0.2) is 31.4 Å². The fourth-order valence-electron chi connectivity index (χ4n) is 1.34. The Kier molecular flexibility index (Phi) is 6.97. The largest absolute Gasteiger partial charge is 0.462 e. The van der Waals surface area contributed by atoms with Crippen molar-refractivity contribution >= 4 is 12.8 Å². The molecule has 94 valence electrons. The average Bonchev–Trinajstić information content (AvgIpc) is 2.17. The van der Waals surface area contributed by atoms with E-state index < -0.39 is 0 Å². The highest BCUT2D eigenvalue weighted by molar-refractivity contribution is 5.54. The van der Waals surface area contributed by atoms with E-state index in [0.29, 0.717) is 12.4 Å². The summed E-state index contributed by atoms with van der Waals surface area (Å²) in [5.74, 6) is 0.850. The van der Waals surface area contributed by atoms with Gasteiger partial charge in [-0.25, -0.2) is 0 Å². The van der Waals surface area contributed by atoms with Crippen LogP contribution in [0.5, 0.6) is 0 Å². The van der Waals surface area contributed by atoms with Crippen LogP contribution in [0.4, 0.5) is 0 Å². The molecule has 2 atom stereocenters. The number of nitrogens with one attached hydrogen (secondary N) is 1. The summed E-state index contributed by atoms with van der Waals surface area (Å²) in [5.41, 5.74) is -0.318. The van der Waals surface area contributed by atoms with Crippen molar-refractivity contribution in [2.45, 2.75) is 39.7 Å². The molecule has 0 aromatic rings. The van der Waals surface area contributed by atoms with Gasteiger partial charge in [-0.15, -0.1) is 0 Å². The summed E-state index contributed by atoms with van der Waals surface area (Å²) < 4.78 is 4.55. The number of carbonyl (C=O) groups is 2. The van der Waals surface area contributed by atoms with Gasteiger partial charge < -0.3 is 14.8 Å². The van der Waals surface area contributed by atoms with E-state index in [1.807, 2.05) is 20.8 Å². The number of hydrogen-bond donors (Lipinski definition) is 1. The third kappa shape index (κ3) is 7.40. The molecule has 0 aliphatic carbocycles. The topological polar surface area (TPSA) is 55.4 Å². The predicted octanol–water partition coefficient (Wildman–Crippen LogP) is 1.39. The Labute approximate surface area is 97.7 Å². The molecule has 4 nitrogen and oxygen atoms in total. The van der Waals surface area contributed by atoms with E-state index in [0.717, 1.165) is 25.8 Å². The lowest BCUT2D eigenvalue weighted by Gasteiger charge is -2.24. The van der Waals surface area contributed by atoms with E-state index in [2.05, 4.69) is 17.0 Å². The normalized spacial score (nSPS) is 25.0. The van der Waals surface area contributed by atoms with E-state index in [1.165, 1.54) is 0 Å². The molecular formula is C12H23NO3. The first-order valence-corrected chi connectivity index (χ1v) is 5.68. The molecule has 0 aromatic heterocycles. The Balaban J connectivity index is 0.000000293. The molecule has 1 saturated heterocycles. The van der Waals surface area contributed by atoms with Crippen LogP contribution in [0, 0.1) is 11.8 Å². The number of ether oxygens (including phenoxy) is 1. The molecule has 0 bridgehead atoms. The summed E-state index contributed by atoms with van der Waals surface area (Å²) in [6.45, 7) is 10.0. The van der Waals surface area contributed by atoms with Gasteiger partial charge >= 0.3 is 0 Å². The molecule has 2 unspecified atom stereocenters. The maximum atomic E-state index is 10.3. The average molecular weight is 229 g/mol. The molecule has 1 aliphatic heterocycles. The Bertz CT molecular complexity index is 211. The van der Waals surface area contributed by atoms with Gasteiger partial charge in [-0.3, -0.25) is 4.79 Å². The quantitative estimate of drug-likeness (QED) is 0.727. The Morgan fingerprint density at radius 1 is 1.31 bits per heavy atom. The fourth-order valence-corrected chi connectivity index (χ4v) is 1.34. The SMILES string of the molecule is CC(C)(C)OC=O.CC1CCNCC1C=O. The first kappa shape index (κ1) is 15.1. The Morgan fingerprint density at radius 2 is 1.94 bits per heavy atom. The van der Waals surface area contributed by atoms with Crippen LogP contribution in [0.25, 0.3) is 0 Å². The summed E-state index contributed by atoms with van der Waals surface area (Å²) in [7, 11) is 0. The lowest BCUT2D eigenvalue weighted by molar-refractivity contribution is -0.138. The summed E-state index contributed by atoms with van der Waals surface area (Å²) >= 11 is 0. The third-order valence-electron chi connectivity index (χ3n) is 2.46. The van der Waals surface area contributed by atoms with Gasteiger partial charge in [-0.2, -0.15) is 0 Å². The van der Waals surface area contributed by atoms with Crippen molar-refractivity contribution in [3.8, 4) is 0 Å². The summed E-state index contributed by atoms with van der Waals surface area (Å²) in [5, 5.41) is 3.18. The smallest absolute Gasteiger partial charge is 0.293 e. The van der Waals surface area contributed by atoms with Crippen LogP contribution in [0.1, 0.15) is 34.1 Å². The third-order valence-corrected chi connectivity index (χ3v) is 2.46. The predicted molar refractivity (Wildman–Crippen MR) is 63.1 cm³/mol. The van der Waals surface area contributed by atoms with E-state index in [-0.39, 0.29) is 11.5 Å². The molecule has 1 rings (SSSR count). The molecule has 0 amide bonds. The van der Waals surface area contributed by atoms with Crippen LogP contribution < -0.4 is 5.32 Å². The zero-order valence-corrected chi connectivity index (χ0v) is 10.7. The molecule has 0 spiro atoms. The van der Waals surface area contributed by atoms with Crippen LogP contribution in [0.3, 0.4) is 0 Å². The molecular weight excluding hydrogens is 206 g/mol. The fraction of sp³-hybridized carbons (Fsp3) is 0.833.